The molecule has 4 heteroatoms. The quantitative estimate of drug-likeness (QED) is 0.746. The topological polar surface area (TPSA) is 58.6 Å². The van der Waals surface area contributed by atoms with Crippen molar-refractivity contribution in [3.05, 3.63) is 29.8 Å². The third-order valence-corrected chi connectivity index (χ3v) is 2.72. The summed E-state index contributed by atoms with van der Waals surface area (Å²) in [6.45, 7) is 2.58. The fraction of sp³-hybridized carbons (Fsp3) is 0.500. The molecule has 1 rings (SSSR count). The van der Waals surface area contributed by atoms with Crippen molar-refractivity contribution in [2.24, 2.45) is 0 Å². The van der Waals surface area contributed by atoms with Crippen LogP contribution < -0.4 is 5.32 Å². The van der Waals surface area contributed by atoms with E-state index in [0.717, 1.165) is 24.1 Å². The van der Waals surface area contributed by atoms with Gasteiger partial charge in [-0.3, -0.25) is 0 Å². The van der Waals surface area contributed by atoms with E-state index in [1.54, 1.807) is 7.11 Å². The molecule has 0 aliphatic heterocycles. The van der Waals surface area contributed by atoms with Gasteiger partial charge in [-0.2, -0.15) is 0 Å². The van der Waals surface area contributed by atoms with Crippen LogP contribution in [0.3, 0.4) is 0 Å². The van der Waals surface area contributed by atoms with Gasteiger partial charge in [0.25, 0.3) is 0 Å². The summed E-state index contributed by atoms with van der Waals surface area (Å²) in [5, 5.41) is 12.2. The van der Waals surface area contributed by atoms with Crippen molar-refractivity contribution in [1.82, 2.24) is 0 Å². The average Bonchev–Trinajstić information content (AvgIpc) is 2.35. The summed E-state index contributed by atoms with van der Waals surface area (Å²) in [6, 6.07) is 7.13. The zero-order valence-corrected chi connectivity index (χ0v) is 11.0. The molecular formula is C14H21NO3. The Bertz CT molecular complexity index is 379. The number of nitrogens with one attached hydrogen (secondary N) is 1. The van der Waals surface area contributed by atoms with Gasteiger partial charge < -0.3 is 15.2 Å². The number of hydrogen-bond donors (Lipinski definition) is 2. The lowest BCUT2D eigenvalue weighted by molar-refractivity contribution is -0.138. The van der Waals surface area contributed by atoms with E-state index in [2.05, 4.69) is 12.2 Å². The molecule has 0 fully saturated rings. The Hall–Kier alpha value is -1.55. The Morgan fingerprint density at radius 2 is 2.28 bits per heavy atom. The van der Waals surface area contributed by atoms with Crippen LogP contribution in [-0.2, 0) is 16.1 Å². The molecule has 0 aliphatic rings. The van der Waals surface area contributed by atoms with E-state index in [-0.39, 0.29) is 0 Å². The molecule has 0 saturated heterocycles. The van der Waals surface area contributed by atoms with Gasteiger partial charge >= 0.3 is 5.97 Å². The molecular weight excluding hydrogens is 230 g/mol. The fourth-order valence-electron chi connectivity index (χ4n) is 1.78. The Labute approximate surface area is 108 Å². The highest BCUT2D eigenvalue weighted by molar-refractivity contribution is 5.77. The summed E-state index contributed by atoms with van der Waals surface area (Å²) in [4.78, 5) is 11.1. The van der Waals surface area contributed by atoms with Crippen LogP contribution in [0.15, 0.2) is 24.3 Å². The van der Waals surface area contributed by atoms with Crippen molar-refractivity contribution in [1.29, 1.82) is 0 Å². The zero-order valence-electron chi connectivity index (χ0n) is 11.0. The lowest BCUT2D eigenvalue weighted by atomic mass is 10.1. The Balaban J connectivity index is 2.67. The summed E-state index contributed by atoms with van der Waals surface area (Å²) in [5.41, 5.74) is 1.86. The van der Waals surface area contributed by atoms with E-state index in [0.29, 0.717) is 13.0 Å². The summed E-state index contributed by atoms with van der Waals surface area (Å²) in [7, 11) is 1.64. The van der Waals surface area contributed by atoms with Crippen LogP contribution in [0.25, 0.3) is 0 Å². The molecule has 18 heavy (non-hydrogen) atoms. The van der Waals surface area contributed by atoms with Gasteiger partial charge in [-0.05, 0) is 24.1 Å². The van der Waals surface area contributed by atoms with E-state index < -0.39 is 12.0 Å². The number of ether oxygens (including phenoxy) is 1. The summed E-state index contributed by atoms with van der Waals surface area (Å²) in [5.74, 6) is -0.805. The average molecular weight is 251 g/mol. The first-order chi connectivity index (χ1) is 8.67. The molecule has 0 spiro atoms. The van der Waals surface area contributed by atoms with E-state index in [1.165, 1.54) is 0 Å². The molecule has 0 bridgehead atoms. The van der Waals surface area contributed by atoms with Crippen molar-refractivity contribution < 1.29 is 14.6 Å². The second kappa shape index (κ2) is 7.71. The van der Waals surface area contributed by atoms with E-state index >= 15 is 0 Å². The van der Waals surface area contributed by atoms with Gasteiger partial charge in [-0.15, -0.1) is 0 Å². The first kappa shape index (κ1) is 14.5. The minimum Gasteiger partial charge on any atom is -0.480 e. The molecule has 4 nitrogen and oxygen atoms in total. The fourth-order valence-corrected chi connectivity index (χ4v) is 1.78. The molecule has 1 atom stereocenters. The predicted molar refractivity (Wildman–Crippen MR) is 71.7 cm³/mol. The molecule has 1 aromatic carbocycles. The van der Waals surface area contributed by atoms with Crippen LogP contribution in [0.5, 0.6) is 0 Å². The van der Waals surface area contributed by atoms with Gasteiger partial charge in [0.2, 0.25) is 0 Å². The molecule has 0 aromatic heterocycles. The second-order valence-electron chi connectivity index (χ2n) is 4.31. The number of hydrogen-bond acceptors (Lipinski definition) is 3. The van der Waals surface area contributed by atoms with Gasteiger partial charge in [-0.25, -0.2) is 4.79 Å². The number of methoxy groups -OCH3 is 1. The van der Waals surface area contributed by atoms with Crippen LogP contribution >= 0.6 is 0 Å². The second-order valence-corrected chi connectivity index (χ2v) is 4.31. The van der Waals surface area contributed by atoms with Crippen molar-refractivity contribution in [2.45, 2.75) is 38.8 Å². The molecule has 0 radical (unpaired) electrons. The molecule has 0 aliphatic carbocycles. The molecule has 0 amide bonds. The van der Waals surface area contributed by atoms with Crippen molar-refractivity contribution in [2.75, 3.05) is 12.4 Å². The van der Waals surface area contributed by atoms with Crippen molar-refractivity contribution in [3.8, 4) is 0 Å². The zero-order chi connectivity index (χ0) is 13.4. The highest BCUT2D eigenvalue weighted by Crippen LogP contribution is 2.14. The maximum Gasteiger partial charge on any atom is 0.326 e. The number of carboxylic acids is 1. The number of carboxylic acid groups (broad SMARTS) is 1. The number of anilines is 1. The Kier molecular flexibility index (Phi) is 6.22. The van der Waals surface area contributed by atoms with Gasteiger partial charge in [0.05, 0.1) is 6.61 Å². The maximum atomic E-state index is 11.1. The van der Waals surface area contributed by atoms with Crippen LogP contribution in [-0.4, -0.2) is 24.2 Å². The summed E-state index contributed by atoms with van der Waals surface area (Å²) >= 11 is 0. The highest BCUT2D eigenvalue weighted by Gasteiger charge is 2.16. The number of rotatable bonds is 8. The van der Waals surface area contributed by atoms with Crippen LogP contribution in [0.1, 0.15) is 31.7 Å². The van der Waals surface area contributed by atoms with Crippen molar-refractivity contribution >= 4 is 11.7 Å². The number of benzene rings is 1. The summed E-state index contributed by atoms with van der Waals surface area (Å²) in [6.07, 6.45) is 2.54. The molecule has 2 N–H and O–H groups in total. The molecule has 100 valence electrons. The first-order valence-corrected chi connectivity index (χ1v) is 6.24. The predicted octanol–water partition coefficient (Wildman–Crippen LogP) is 2.89. The minimum absolute atomic E-state index is 0.525. The van der Waals surface area contributed by atoms with Gasteiger partial charge in [0.1, 0.15) is 6.04 Å². The maximum absolute atomic E-state index is 11.1. The summed E-state index contributed by atoms with van der Waals surface area (Å²) < 4.78 is 5.06. The van der Waals surface area contributed by atoms with Crippen LogP contribution in [0.2, 0.25) is 0 Å². The molecule has 1 unspecified atom stereocenters. The molecule has 0 saturated carbocycles. The van der Waals surface area contributed by atoms with E-state index in [4.69, 9.17) is 9.84 Å². The lowest BCUT2D eigenvalue weighted by Gasteiger charge is -2.16. The van der Waals surface area contributed by atoms with Gasteiger partial charge in [-0.1, -0.05) is 31.9 Å². The van der Waals surface area contributed by atoms with E-state index in [1.807, 2.05) is 24.3 Å². The first-order valence-electron chi connectivity index (χ1n) is 6.24. The standard InChI is InChI=1S/C14H21NO3/c1-3-4-8-13(14(16)17)15-12-7-5-6-11(9-12)10-18-2/h5-7,9,13,15H,3-4,8,10H2,1-2H3,(H,16,17). The van der Waals surface area contributed by atoms with Gasteiger partial charge in [0.15, 0.2) is 0 Å². The number of carbonyl (C=O) groups is 1. The SMILES string of the molecule is CCCCC(Nc1cccc(COC)c1)C(=O)O. The van der Waals surface area contributed by atoms with E-state index in [9.17, 15) is 4.79 Å². The van der Waals surface area contributed by atoms with Gasteiger partial charge in [0, 0.05) is 12.8 Å². The largest absolute Gasteiger partial charge is 0.480 e. The highest BCUT2D eigenvalue weighted by atomic mass is 16.5. The third-order valence-electron chi connectivity index (χ3n) is 2.72. The van der Waals surface area contributed by atoms with Crippen LogP contribution in [0.4, 0.5) is 5.69 Å². The molecule has 0 heterocycles. The smallest absolute Gasteiger partial charge is 0.326 e. The van der Waals surface area contributed by atoms with Crippen LogP contribution in [0, 0.1) is 0 Å². The normalized spacial score (nSPS) is 12.1. The monoisotopic (exact) mass is 251 g/mol. The Morgan fingerprint density at radius 1 is 1.50 bits per heavy atom. The lowest BCUT2D eigenvalue weighted by Crippen LogP contribution is -2.29. The molecule has 1 aromatic rings. The number of unbranched alkanes of at least 4 members (excludes halogenated alkanes) is 1. The third kappa shape index (κ3) is 4.75. The Morgan fingerprint density at radius 3 is 2.89 bits per heavy atom. The number of aliphatic carboxylic acids is 1. The minimum atomic E-state index is -0.805. The van der Waals surface area contributed by atoms with Crippen molar-refractivity contribution in [3.63, 3.8) is 0 Å².